The summed E-state index contributed by atoms with van der Waals surface area (Å²) >= 11 is 5.68. The van der Waals surface area contributed by atoms with E-state index in [0.29, 0.717) is 0 Å². The minimum atomic E-state index is -0.179. The van der Waals surface area contributed by atoms with E-state index in [9.17, 15) is 4.79 Å². The van der Waals surface area contributed by atoms with Crippen molar-refractivity contribution in [1.82, 2.24) is 9.55 Å². The van der Waals surface area contributed by atoms with Crippen molar-refractivity contribution in [1.29, 1.82) is 0 Å². The van der Waals surface area contributed by atoms with Crippen molar-refractivity contribution < 1.29 is 0 Å². The monoisotopic (exact) mass is 270 g/mol. The lowest BCUT2D eigenvalue weighted by Crippen LogP contribution is -2.20. The summed E-state index contributed by atoms with van der Waals surface area (Å²) in [5.74, 6) is 0. The summed E-state index contributed by atoms with van der Waals surface area (Å²) in [5.41, 5.74) is -0.179. The van der Waals surface area contributed by atoms with Gasteiger partial charge in [0.25, 0.3) is 5.56 Å². The highest BCUT2D eigenvalue weighted by Gasteiger charge is 2.00. The molecule has 18 heavy (non-hydrogen) atoms. The Balaban J connectivity index is 2.11. The molecule has 1 aromatic heterocycles. The molecule has 0 unspecified atom stereocenters. The van der Waals surface area contributed by atoms with Crippen molar-refractivity contribution in [3.63, 3.8) is 0 Å². The minimum absolute atomic E-state index is 0.0667. The number of rotatable bonds is 9. The molecule has 0 aliphatic carbocycles. The first-order chi connectivity index (χ1) is 8.75. The number of nitrogens with zero attached hydrogens (tertiary/aromatic N) is 2. The van der Waals surface area contributed by atoms with Crippen molar-refractivity contribution in [2.75, 3.05) is 0 Å². The molecular weight excluding hydrogens is 248 g/mol. The summed E-state index contributed by atoms with van der Waals surface area (Å²) in [6.45, 7) is 2.98. The van der Waals surface area contributed by atoms with Crippen molar-refractivity contribution in [2.45, 2.75) is 64.8 Å². The van der Waals surface area contributed by atoms with Crippen LogP contribution < -0.4 is 5.56 Å². The summed E-state index contributed by atoms with van der Waals surface area (Å²) in [4.78, 5) is 15.3. The molecular formula is C14H23ClN2O. The zero-order chi connectivity index (χ0) is 13.2. The van der Waals surface area contributed by atoms with Crippen LogP contribution in [0, 0.1) is 0 Å². The molecule has 0 aliphatic rings. The molecule has 0 bridgehead atoms. The number of unbranched alkanes of at least 4 members (excludes halogenated alkanes) is 7. The molecule has 0 saturated carbocycles. The summed E-state index contributed by atoms with van der Waals surface area (Å²) < 4.78 is 1.65. The van der Waals surface area contributed by atoms with E-state index in [1.165, 1.54) is 44.9 Å². The lowest BCUT2D eigenvalue weighted by atomic mass is 10.1. The molecule has 1 aromatic rings. The van der Waals surface area contributed by atoms with Crippen molar-refractivity contribution in [3.05, 3.63) is 27.9 Å². The molecule has 0 saturated heterocycles. The second kappa shape index (κ2) is 9.15. The van der Waals surface area contributed by atoms with Gasteiger partial charge >= 0.3 is 0 Å². The lowest BCUT2D eigenvalue weighted by Gasteiger charge is -2.05. The fourth-order valence-corrected chi connectivity index (χ4v) is 2.18. The Morgan fingerprint density at radius 1 is 1.11 bits per heavy atom. The van der Waals surface area contributed by atoms with Crippen molar-refractivity contribution in [2.24, 2.45) is 0 Å². The van der Waals surface area contributed by atoms with E-state index in [0.717, 1.165) is 13.0 Å². The molecule has 0 atom stereocenters. The van der Waals surface area contributed by atoms with Gasteiger partial charge in [0.2, 0.25) is 0 Å². The maximum Gasteiger partial charge on any atom is 0.288 e. The zero-order valence-corrected chi connectivity index (χ0v) is 12.0. The summed E-state index contributed by atoms with van der Waals surface area (Å²) in [7, 11) is 0. The summed E-state index contributed by atoms with van der Waals surface area (Å²) in [6.07, 6.45) is 13.4. The summed E-state index contributed by atoms with van der Waals surface area (Å²) in [5, 5.41) is 0.0667. The highest BCUT2D eigenvalue weighted by Crippen LogP contribution is 2.08. The zero-order valence-electron chi connectivity index (χ0n) is 11.2. The third-order valence-corrected chi connectivity index (χ3v) is 3.38. The maximum atomic E-state index is 11.6. The van der Waals surface area contributed by atoms with Crippen LogP contribution >= 0.6 is 11.6 Å². The number of aryl methyl sites for hydroxylation is 1. The third kappa shape index (κ3) is 5.67. The van der Waals surface area contributed by atoms with Gasteiger partial charge in [0.05, 0.1) is 0 Å². The predicted octanol–water partition coefficient (Wildman–Crippen LogP) is 4.04. The van der Waals surface area contributed by atoms with E-state index in [4.69, 9.17) is 11.6 Å². The Hall–Kier alpha value is -0.830. The molecule has 3 nitrogen and oxygen atoms in total. The largest absolute Gasteiger partial charge is 0.311 e. The van der Waals surface area contributed by atoms with E-state index in [2.05, 4.69) is 11.9 Å². The Labute approximate surface area is 114 Å². The van der Waals surface area contributed by atoms with Crippen LogP contribution in [0.3, 0.4) is 0 Å². The van der Waals surface area contributed by atoms with Gasteiger partial charge in [0, 0.05) is 18.9 Å². The first-order valence-electron chi connectivity index (χ1n) is 6.96. The molecule has 0 aliphatic heterocycles. The first kappa shape index (κ1) is 15.2. The van der Waals surface area contributed by atoms with Crippen LogP contribution in [-0.2, 0) is 6.54 Å². The highest BCUT2D eigenvalue weighted by atomic mass is 35.5. The van der Waals surface area contributed by atoms with Gasteiger partial charge < -0.3 is 4.57 Å². The fraction of sp³-hybridized carbons (Fsp3) is 0.714. The summed E-state index contributed by atoms with van der Waals surface area (Å²) in [6, 6.07) is 0. The number of hydrogen-bond acceptors (Lipinski definition) is 2. The van der Waals surface area contributed by atoms with E-state index in [1.54, 1.807) is 17.0 Å². The fourth-order valence-electron chi connectivity index (χ4n) is 2.01. The predicted molar refractivity (Wildman–Crippen MR) is 76.1 cm³/mol. The van der Waals surface area contributed by atoms with Crippen LogP contribution in [0.15, 0.2) is 17.2 Å². The molecule has 0 amide bonds. The minimum Gasteiger partial charge on any atom is -0.311 e. The van der Waals surface area contributed by atoms with Crippen LogP contribution in [0.25, 0.3) is 0 Å². The second-order valence-electron chi connectivity index (χ2n) is 4.69. The van der Waals surface area contributed by atoms with Gasteiger partial charge in [-0.05, 0) is 6.42 Å². The Kier molecular flexibility index (Phi) is 7.74. The number of halogens is 1. The molecule has 1 heterocycles. The van der Waals surface area contributed by atoms with Crippen LogP contribution in [0.5, 0.6) is 0 Å². The number of aromatic nitrogens is 2. The maximum absolute atomic E-state index is 11.6. The Bertz CT molecular complexity index is 390. The molecule has 0 N–H and O–H groups in total. The molecule has 0 fully saturated rings. The molecule has 0 aromatic carbocycles. The molecule has 102 valence electrons. The molecule has 0 spiro atoms. The van der Waals surface area contributed by atoms with Gasteiger partial charge in [-0.2, -0.15) is 0 Å². The van der Waals surface area contributed by atoms with Gasteiger partial charge in [0.15, 0.2) is 5.15 Å². The van der Waals surface area contributed by atoms with Crippen molar-refractivity contribution in [3.8, 4) is 0 Å². The SMILES string of the molecule is CCCCCCCCCCn1ccnc(Cl)c1=O. The molecule has 1 rings (SSSR count). The average molecular weight is 271 g/mol. The average Bonchev–Trinajstić information content (AvgIpc) is 2.37. The first-order valence-corrected chi connectivity index (χ1v) is 7.34. The molecule has 0 radical (unpaired) electrons. The van der Waals surface area contributed by atoms with E-state index in [1.807, 2.05) is 0 Å². The Morgan fingerprint density at radius 3 is 2.39 bits per heavy atom. The van der Waals surface area contributed by atoms with Crippen LogP contribution in [0.1, 0.15) is 58.3 Å². The Morgan fingerprint density at radius 2 is 1.72 bits per heavy atom. The lowest BCUT2D eigenvalue weighted by molar-refractivity contribution is 0.536. The van der Waals surface area contributed by atoms with Gasteiger partial charge in [-0.1, -0.05) is 63.5 Å². The van der Waals surface area contributed by atoms with Gasteiger partial charge in [0.1, 0.15) is 0 Å². The third-order valence-electron chi connectivity index (χ3n) is 3.12. The van der Waals surface area contributed by atoms with Crippen molar-refractivity contribution >= 4 is 11.6 Å². The van der Waals surface area contributed by atoms with Crippen LogP contribution in [0.4, 0.5) is 0 Å². The smallest absolute Gasteiger partial charge is 0.288 e. The van der Waals surface area contributed by atoms with E-state index < -0.39 is 0 Å². The standard InChI is InChI=1S/C14H23ClN2O/c1-2-3-4-5-6-7-8-9-11-17-12-10-16-13(15)14(17)18/h10,12H,2-9,11H2,1H3. The normalized spacial score (nSPS) is 10.8. The highest BCUT2D eigenvalue weighted by molar-refractivity contribution is 6.29. The second-order valence-corrected chi connectivity index (χ2v) is 5.05. The van der Waals surface area contributed by atoms with Gasteiger partial charge in [-0.15, -0.1) is 0 Å². The van der Waals surface area contributed by atoms with Crippen LogP contribution in [-0.4, -0.2) is 9.55 Å². The molecule has 4 heteroatoms. The van der Waals surface area contributed by atoms with E-state index >= 15 is 0 Å². The van der Waals surface area contributed by atoms with Gasteiger partial charge in [-0.3, -0.25) is 4.79 Å². The topological polar surface area (TPSA) is 34.9 Å². The van der Waals surface area contributed by atoms with E-state index in [-0.39, 0.29) is 10.7 Å². The van der Waals surface area contributed by atoms with Gasteiger partial charge in [-0.25, -0.2) is 4.98 Å². The number of hydrogen-bond donors (Lipinski definition) is 0. The van der Waals surface area contributed by atoms with Crippen LogP contribution in [0.2, 0.25) is 5.15 Å². The quantitative estimate of drug-likeness (QED) is 0.635.